The third-order valence-electron chi connectivity index (χ3n) is 4.30. The zero-order chi connectivity index (χ0) is 16.2. The van der Waals surface area contributed by atoms with Gasteiger partial charge < -0.3 is 9.64 Å². The summed E-state index contributed by atoms with van der Waals surface area (Å²) in [4.78, 5) is 15.4. The van der Waals surface area contributed by atoms with E-state index in [0.717, 1.165) is 43.8 Å². The van der Waals surface area contributed by atoms with Crippen LogP contribution in [0.2, 0.25) is 0 Å². The summed E-state index contributed by atoms with van der Waals surface area (Å²) in [5.41, 5.74) is 2.10. The number of rotatable bonds is 5. The number of carbonyl (C=O) groups is 1. The number of nitrogens with zero attached hydrogens (tertiary/aromatic N) is 3. The number of hydrogen-bond acceptors (Lipinski definition) is 5. The average Bonchev–Trinajstić information content (AvgIpc) is 3.24. The molecule has 6 heteroatoms. The predicted molar refractivity (Wildman–Crippen MR) is 90.2 cm³/mol. The highest BCUT2D eigenvalue weighted by Crippen LogP contribution is 2.30. The van der Waals surface area contributed by atoms with Crippen molar-refractivity contribution in [3.05, 3.63) is 40.4 Å². The van der Waals surface area contributed by atoms with Crippen LogP contribution in [0.4, 0.5) is 0 Å². The van der Waals surface area contributed by atoms with E-state index in [0.29, 0.717) is 10.8 Å². The Labute approximate surface area is 140 Å². The van der Waals surface area contributed by atoms with Gasteiger partial charge in [-0.3, -0.25) is 4.79 Å². The van der Waals surface area contributed by atoms with Gasteiger partial charge in [0, 0.05) is 19.0 Å². The summed E-state index contributed by atoms with van der Waals surface area (Å²) in [5, 5.41) is 4.10. The molecule has 1 amide bonds. The van der Waals surface area contributed by atoms with Gasteiger partial charge in [-0.25, -0.2) is 0 Å². The van der Waals surface area contributed by atoms with Crippen molar-refractivity contribution in [1.29, 1.82) is 0 Å². The number of aryl methyl sites for hydroxylation is 1. The van der Waals surface area contributed by atoms with Crippen LogP contribution in [-0.4, -0.2) is 40.6 Å². The Hall–Kier alpha value is -1.95. The molecule has 0 radical (unpaired) electrons. The van der Waals surface area contributed by atoms with Crippen LogP contribution in [0.1, 0.15) is 46.6 Å². The molecule has 0 bridgehead atoms. The smallest absolute Gasteiger partial charge is 0.267 e. The summed E-state index contributed by atoms with van der Waals surface area (Å²) in [6.45, 7) is 3.64. The van der Waals surface area contributed by atoms with Crippen molar-refractivity contribution in [3.63, 3.8) is 0 Å². The van der Waals surface area contributed by atoms with Gasteiger partial charge in [0.15, 0.2) is 0 Å². The van der Waals surface area contributed by atoms with E-state index >= 15 is 0 Å². The third kappa shape index (κ3) is 3.37. The first-order valence-electron chi connectivity index (χ1n) is 7.97. The minimum absolute atomic E-state index is 0.0828. The minimum Gasteiger partial charge on any atom is -0.497 e. The maximum absolute atomic E-state index is 12.7. The zero-order valence-corrected chi connectivity index (χ0v) is 14.3. The summed E-state index contributed by atoms with van der Waals surface area (Å²) < 4.78 is 9.16. The lowest BCUT2D eigenvalue weighted by atomic mass is 9.98. The first kappa shape index (κ1) is 15.9. The first-order valence-corrected chi connectivity index (χ1v) is 8.74. The SMILES string of the molecule is CCCc1nnsc1C(=O)N1CCC(c2ccc(OC)cc2)C1. The van der Waals surface area contributed by atoms with Crippen molar-refractivity contribution in [3.8, 4) is 5.75 Å². The molecule has 1 aliphatic heterocycles. The van der Waals surface area contributed by atoms with E-state index in [-0.39, 0.29) is 5.91 Å². The quantitative estimate of drug-likeness (QED) is 0.845. The van der Waals surface area contributed by atoms with Crippen LogP contribution in [0.15, 0.2) is 24.3 Å². The maximum atomic E-state index is 12.7. The van der Waals surface area contributed by atoms with Gasteiger partial charge in [0.25, 0.3) is 5.91 Å². The molecule has 1 saturated heterocycles. The van der Waals surface area contributed by atoms with Crippen LogP contribution >= 0.6 is 11.5 Å². The monoisotopic (exact) mass is 331 g/mol. The zero-order valence-electron chi connectivity index (χ0n) is 13.5. The topological polar surface area (TPSA) is 55.3 Å². The van der Waals surface area contributed by atoms with Crippen LogP contribution in [0.3, 0.4) is 0 Å². The van der Waals surface area contributed by atoms with Crippen LogP contribution in [0, 0.1) is 0 Å². The van der Waals surface area contributed by atoms with Crippen LogP contribution in [0.5, 0.6) is 5.75 Å². The Bertz CT molecular complexity index is 669. The Balaban J connectivity index is 1.68. The van der Waals surface area contributed by atoms with Crippen molar-refractivity contribution >= 4 is 17.4 Å². The molecule has 3 rings (SSSR count). The fraction of sp³-hybridized carbons (Fsp3) is 0.471. The molecule has 1 aromatic carbocycles. The third-order valence-corrected chi connectivity index (χ3v) is 5.06. The van der Waals surface area contributed by atoms with Crippen molar-refractivity contribution in [2.24, 2.45) is 0 Å². The van der Waals surface area contributed by atoms with Gasteiger partial charge in [0.05, 0.1) is 12.8 Å². The van der Waals surface area contributed by atoms with Crippen molar-refractivity contribution in [1.82, 2.24) is 14.5 Å². The summed E-state index contributed by atoms with van der Waals surface area (Å²) in [6, 6.07) is 8.14. The summed E-state index contributed by atoms with van der Waals surface area (Å²) in [5.74, 6) is 1.33. The first-order chi connectivity index (χ1) is 11.2. The number of hydrogen-bond donors (Lipinski definition) is 0. The highest BCUT2D eigenvalue weighted by molar-refractivity contribution is 7.08. The lowest BCUT2D eigenvalue weighted by Crippen LogP contribution is -2.28. The van der Waals surface area contributed by atoms with E-state index in [2.05, 4.69) is 28.6 Å². The van der Waals surface area contributed by atoms with E-state index in [1.807, 2.05) is 17.0 Å². The molecule has 2 aromatic rings. The standard InChI is InChI=1S/C17H21N3O2S/c1-3-4-15-16(23-19-18-15)17(21)20-10-9-13(11-20)12-5-7-14(22-2)8-6-12/h5-8,13H,3-4,9-11H2,1-2H3. The molecule has 1 atom stereocenters. The number of methoxy groups -OCH3 is 1. The van der Waals surface area contributed by atoms with E-state index in [1.165, 1.54) is 17.1 Å². The maximum Gasteiger partial charge on any atom is 0.267 e. The number of benzene rings is 1. The fourth-order valence-corrected chi connectivity index (χ4v) is 3.68. The van der Waals surface area contributed by atoms with Crippen molar-refractivity contribution in [2.75, 3.05) is 20.2 Å². The molecule has 1 aromatic heterocycles. The number of aromatic nitrogens is 2. The summed E-state index contributed by atoms with van der Waals surface area (Å²) in [7, 11) is 1.67. The highest BCUT2D eigenvalue weighted by Gasteiger charge is 2.30. The van der Waals surface area contributed by atoms with Crippen LogP contribution in [-0.2, 0) is 6.42 Å². The molecule has 0 spiro atoms. The van der Waals surface area contributed by atoms with Gasteiger partial charge in [-0.15, -0.1) is 5.10 Å². The Kier molecular flexibility index (Phi) is 4.91. The number of carbonyl (C=O) groups excluding carboxylic acids is 1. The second-order valence-corrected chi connectivity index (χ2v) is 6.56. The molecule has 0 aliphatic carbocycles. The second kappa shape index (κ2) is 7.08. The molecule has 122 valence electrons. The molecular weight excluding hydrogens is 310 g/mol. The Morgan fingerprint density at radius 1 is 1.39 bits per heavy atom. The average molecular weight is 331 g/mol. The second-order valence-electron chi connectivity index (χ2n) is 5.81. The Morgan fingerprint density at radius 2 is 2.17 bits per heavy atom. The molecule has 5 nitrogen and oxygen atoms in total. The van der Waals surface area contributed by atoms with Crippen molar-refractivity contribution in [2.45, 2.75) is 32.1 Å². The lowest BCUT2D eigenvalue weighted by molar-refractivity contribution is 0.0794. The molecule has 23 heavy (non-hydrogen) atoms. The summed E-state index contributed by atoms with van der Waals surface area (Å²) in [6.07, 6.45) is 2.78. The van der Waals surface area contributed by atoms with Gasteiger partial charge in [-0.05, 0) is 42.1 Å². The van der Waals surface area contributed by atoms with Crippen LogP contribution in [0.25, 0.3) is 0 Å². The summed E-state index contributed by atoms with van der Waals surface area (Å²) >= 11 is 1.22. The number of ether oxygens (including phenoxy) is 1. The number of amides is 1. The molecule has 2 heterocycles. The van der Waals surface area contributed by atoms with Gasteiger partial charge in [-0.2, -0.15) is 0 Å². The molecule has 0 saturated carbocycles. The molecule has 1 unspecified atom stereocenters. The molecular formula is C17H21N3O2S. The fourth-order valence-electron chi connectivity index (χ4n) is 3.01. The Morgan fingerprint density at radius 3 is 2.87 bits per heavy atom. The predicted octanol–water partition coefficient (Wildman–Crippen LogP) is 3.13. The molecule has 1 aliphatic rings. The van der Waals surface area contributed by atoms with Gasteiger partial charge in [0.2, 0.25) is 0 Å². The van der Waals surface area contributed by atoms with E-state index < -0.39 is 0 Å². The molecule has 1 fully saturated rings. The van der Waals surface area contributed by atoms with E-state index in [1.54, 1.807) is 7.11 Å². The minimum atomic E-state index is 0.0828. The van der Waals surface area contributed by atoms with Gasteiger partial charge in [-0.1, -0.05) is 30.0 Å². The van der Waals surface area contributed by atoms with Crippen LogP contribution < -0.4 is 4.74 Å². The van der Waals surface area contributed by atoms with E-state index in [9.17, 15) is 4.79 Å². The van der Waals surface area contributed by atoms with Gasteiger partial charge >= 0.3 is 0 Å². The number of likely N-dealkylation sites (tertiary alicyclic amines) is 1. The van der Waals surface area contributed by atoms with E-state index in [4.69, 9.17) is 4.74 Å². The van der Waals surface area contributed by atoms with Crippen molar-refractivity contribution < 1.29 is 9.53 Å². The lowest BCUT2D eigenvalue weighted by Gasteiger charge is -2.16. The highest BCUT2D eigenvalue weighted by atomic mass is 32.1. The molecule has 0 N–H and O–H groups in total. The normalized spacial score (nSPS) is 17.5. The van der Waals surface area contributed by atoms with Gasteiger partial charge in [0.1, 0.15) is 10.6 Å². The largest absolute Gasteiger partial charge is 0.497 e.